The Kier molecular flexibility index (Phi) is 4.44. The number of hydrogen-bond donors (Lipinski definition) is 2. The largest absolute Gasteiger partial charge is 0.477 e. The summed E-state index contributed by atoms with van der Waals surface area (Å²) in [6, 6.07) is 1.06. The van der Waals surface area contributed by atoms with Gasteiger partial charge in [-0.25, -0.2) is 17.9 Å². The molecule has 1 aromatic rings. The summed E-state index contributed by atoms with van der Waals surface area (Å²) < 4.78 is 32.9. The minimum absolute atomic E-state index is 0.0108. The van der Waals surface area contributed by atoms with Crippen LogP contribution in [0.5, 0.6) is 0 Å². The number of hydrogen-bond acceptors (Lipinski definition) is 5. The predicted octanol–water partition coefficient (Wildman–Crippen LogP) is 1.93. The molecule has 2 unspecified atom stereocenters. The van der Waals surface area contributed by atoms with E-state index in [9.17, 15) is 13.2 Å². The van der Waals surface area contributed by atoms with Crippen LogP contribution in [-0.2, 0) is 14.8 Å². The van der Waals surface area contributed by atoms with Crippen molar-refractivity contribution in [3.05, 3.63) is 16.3 Å². The topological polar surface area (TPSA) is 92.7 Å². The summed E-state index contributed by atoms with van der Waals surface area (Å²) in [4.78, 5) is 10.7. The van der Waals surface area contributed by atoms with Crippen LogP contribution in [0.25, 0.3) is 0 Å². The van der Waals surface area contributed by atoms with Crippen LogP contribution in [0.15, 0.2) is 16.3 Å². The Bertz CT molecular complexity index is 635. The molecule has 118 valence electrons. The average molecular weight is 333 g/mol. The normalized spacial score (nSPS) is 24.5. The molecule has 1 aliphatic rings. The van der Waals surface area contributed by atoms with E-state index in [1.165, 1.54) is 11.4 Å². The fourth-order valence-electron chi connectivity index (χ4n) is 2.49. The number of nitrogens with one attached hydrogen (secondary N) is 1. The second kappa shape index (κ2) is 5.68. The van der Waals surface area contributed by atoms with Gasteiger partial charge >= 0.3 is 5.97 Å². The lowest BCUT2D eigenvalue weighted by molar-refractivity contribution is -0.108. The summed E-state index contributed by atoms with van der Waals surface area (Å²) in [5.74, 6) is -1.23. The molecule has 0 aliphatic heterocycles. The first-order chi connectivity index (χ1) is 9.70. The number of sulfonamides is 1. The molecule has 1 aliphatic carbocycles. The summed E-state index contributed by atoms with van der Waals surface area (Å²) >= 11 is 0.902. The number of carboxylic acid groups (broad SMARTS) is 1. The van der Waals surface area contributed by atoms with Crippen LogP contribution in [0.1, 0.15) is 36.9 Å². The van der Waals surface area contributed by atoms with Crippen molar-refractivity contribution in [2.24, 2.45) is 5.41 Å². The Morgan fingerprint density at radius 2 is 2.24 bits per heavy atom. The maximum atomic E-state index is 12.4. The van der Waals surface area contributed by atoms with Crippen molar-refractivity contribution in [3.63, 3.8) is 0 Å². The van der Waals surface area contributed by atoms with E-state index in [1.54, 1.807) is 0 Å². The molecular formula is C13H19NO5S2. The summed E-state index contributed by atoms with van der Waals surface area (Å²) in [5, 5.41) is 10.5. The smallest absolute Gasteiger partial charge is 0.347 e. The van der Waals surface area contributed by atoms with Crippen molar-refractivity contribution in [2.45, 2.75) is 44.2 Å². The van der Waals surface area contributed by atoms with Crippen molar-refractivity contribution in [2.75, 3.05) is 6.61 Å². The first-order valence-electron chi connectivity index (χ1n) is 6.65. The van der Waals surface area contributed by atoms with Crippen molar-refractivity contribution in [1.82, 2.24) is 4.72 Å². The molecule has 0 amide bonds. The van der Waals surface area contributed by atoms with Crippen molar-refractivity contribution in [1.29, 1.82) is 0 Å². The van der Waals surface area contributed by atoms with Crippen molar-refractivity contribution in [3.8, 4) is 0 Å². The monoisotopic (exact) mass is 333 g/mol. The molecule has 0 saturated heterocycles. The molecular weight excluding hydrogens is 314 g/mol. The molecule has 2 N–H and O–H groups in total. The van der Waals surface area contributed by atoms with Gasteiger partial charge in [-0.3, -0.25) is 0 Å². The standard InChI is InChI=1S/C13H19NO5S2/c1-4-19-10-7-9(13(10,2)3)14-21(17,18)8-5-6-20-11(8)12(15)16/h5-6,9-10,14H,4,7H2,1-3H3,(H,15,16). The number of carbonyl (C=O) groups is 1. The van der Waals surface area contributed by atoms with Gasteiger partial charge in [0, 0.05) is 18.1 Å². The van der Waals surface area contributed by atoms with Crippen molar-refractivity contribution >= 4 is 27.3 Å². The Morgan fingerprint density at radius 3 is 2.76 bits per heavy atom. The van der Waals surface area contributed by atoms with E-state index in [4.69, 9.17) is 9.84 Å². The zero-order valence-electron chi connectivity index (χ0n) is 12.1. The van der Waals surface area contributed by atoms with Gasteiger partial charge < -0.3 is 9.84 Å². The third kappa shape index (κ3) is 2.98. The first-order valence-corrected chi connectivity index (χ1v) is 9.01. The van der Waals surface area contributed by atoms with Crippen molar-refractivity contribution < 1.29 is 23.1 Å². The molecule has 1 heterocycles. The second-order valence-electron chi connectivity index (χ2n) is 5.59. The van der Waals surface area contributed by atoms with Gasteiger partial charge in [-0.2, -0.15) is 0 Å². The van der Waals surface area contributed by atoms with Gasteiger partial charge in [0.1, 0.15) is 9.77 Å². The van der Waals surface area contributed by atoms with Crippen LogP contribution in [0, 0.1) is 5.41 Å². The molecule has 0 spiro atoms. The van der Waals surface area contributed by atoms with Gasteiger partial charge in [-0.15, -0.1) is 11.3 Å². The lowest BCUT2D eigenvalue weighted by Crippen LogP contribution is -2.61. The fraction of sp³-hybridized carbons (Fsp3) is 0.615. The quantitative estimate of drug-likeness (QED) is 0.830. The second-order valence-corrected chi connectivity index (χ2v) is 8.19. The van der Waals surface area contributed by atoms with Crippen LogP contribution in [-0.4, -0.2) is 38.2 Å². The molecule has 2 atom stereocenters. The minimum atomic E-state index is -3.84. The third-order valence-corrected chi connectivity index (χ3v) is 6.50. The Labute approximate surface area is 128 Å². The highest BCUT2D eigenvalue weighted by molar-refractivity contribution is 7.89. The highest BCUT2D eigenvalue weighted by atomic mass is 32.2. The van der Waals surface area contributed by atoms with Gasteiger partial charge in [-0.1, -0.05) is 13.8 Å². The van der Waals surface area contributed by atoms with Gasteiger partial charge in [-0.05, 0) is 24.8 Å². The van der Waals surface area contributed by atoms with Crippen LogP contribution in [0.3, 0.4) is 0 Å². The maximum Gasteiger partial charge on any atom is 0.347 e. The molecule has 0 aromatic carbocycles. The number of carboxylic acids is 1. The number of thiophene rings is 1. The Morgan fingerprint density at radius 1 is 1.57 bits per heavy atom. The fourth-order valence-corrected chi connectivity index (χ4v) is 5.15. The van der Waals surface area contributed by atoms with E-state index < -0.39 is 16.0 Å². The highest BCUT2D eigenvalue weighted by Crippen LogP contribution is 2.43. The zero-order valence-corrected chi connectivity index (χ0v) is 13.8. The minimum Gasteiger partial charge on any atom is -0.477 e. The summed E-state index contributed by atoms with van der Waals surface area (Å²) in [6.07, 6.45) is 0.601. The van der Waals surface area contributed by atoms with Gasteiger partial charge in [0.05, 0.1) is 6.10 Å². The van der Waals surface area contributed by atoms with Gasteiger partial charge in [0.2, 0.25) is 10.0 Å². The number of aromatic carboxylic acids is 1. The maximum absolute atomic E-state index is 12.4. The lowest BCUT2D eigenvalue weighted by Gasteiger charge is -2.51. The summed E-state index contributed by atoms with van der Waals surface area (Å²) in [5.41, 5.74) is -0.317. The van der Waals surface area contributed by atoms with Gasteiger partial charge in [0.25, 0.3) is 0 Å². The molecule has 1 fully saturated rings. The summed E-state index contributed by atoms with van der Waals surface area (Å²) in [6.45, 7) is 6.37. The molecule has 21 heavy (non-hydrogen) atoms. The molecule has 1 aromatic heterocycles. The van der Waals surface area contributed by atoms with Crippen LogP contribution in [0.2, 0.25) is 0 Å². The predicted molar refractivity (Wildman–Crippen MR) is 79.2 cm³/mol. The lowest BCUT2D eigenvalue weighted by atomic mass is 9.65. The van der Waals surface area contributed by atoms with E-state index in [0.29, 0.717) is 13.0 Å². The molecule has 1 saturated carbocycles. The molecule has 0 bridgehead atoms. The van der Waals surface area contributed by atoms with Crippen LogP contribution < -0.4 is 4.72 Å². The zero-order chi connectivity index (χ0) is 15.8. The Hall–Kier alpha value is -0.960. The SMILES string of the molecule is CCOC1CC(NS(=O)(=O)c2ccsc2C(=O)O)C1(C)C. The van der Waals surface area contributed by atoms with Gasteiger partial charge in [0.15, 0.2) is 0 Å². The van der Waals surface area contributed by atoms with E-state index >= 15 is 0 Å². The van der Waals surface area contributed by atoms with Crippen LogP contribution in [0.4, 0.5) is 0 Å². The highest BCUT2D eigenvalue weighted by Gasteiger charge is 2.50. The van der Waals surface area contributed by atoms with E-state index in [1.807, 2.05) is 20.8 Å². The molecule has 2 rings (SSSR count). The number of ether oxygens (including phenoxy) is 1. The number of rotatable bonds is 6. The van der Waals surface area contributed by atoms with E-state index in [-0.39, 0.29) is 27.3 Å². The Balaban J connectivity index is 2.16. The molecule has 0 radical (unpaired) electrons. The van der Waals surface area contributed by atoms with E-state index in [2.05, 4.69) is 4.72 Å². The van der Waals surface area contributed by atoms with E-state index in [0.717, 1.165) is 11.3 Å². The molecule has 6 nitrogen and oxygen atoms in total. The summed E-state index contributed by atoms with van der Waals surface area (Å²) in [7, 11) is -3.84. The van der Waals surface area contributed by atoms with Crippen LogP contribution >= 0.6 is 11.3 Å². The average Bonchev–Trinajstić information content (AvgIpc) is 2.87. The molecule has 8 heteroatoms. The third-order valence-electron chi connectivity index (χ3n) is 3.96. The first kappa shape index (κ1) is 16.4.